The topological polar surface area (TPSA) is 54.8 Å². The van der Waals surface area contributed by atoms with Crippen LogP contribution in [0.4, 0.5) is 0 Å². The second-order valence-electron chi connectivity index (χ2n) is 7.87. The van der Waals surface area contributed by atoms with E-state index in [9.17, 15) is 4.79 Å². The number of ether oxygens (including phenoxy) is 1. The number of hydrogen-bond acceptors (Lipinski definition) is 5. The van der Waals surface area contributed by atoms with E-state index in [4.69, 9.17) is 4.74 Å². The minimum Gasteiger partial charge on any atom is -0.365 e. The van der Waals surface area contributed by atoms with E-state index in [2.05, 4.69) is 39.1 Å². The number of fused-ring (bicyclic) bond motifs is 2. The van der Waals surface area contributed by atoms with Crippen molar-refractivity contribution in [3.63, 3.8) is 0 Å². The Hall–Kier alpha value is -2.44. The summed E-state index contributed by atoms with van der Waals surface area (Å²) in [6.45, 7) is 6.30. The normalized spacial score (nSPS) is 22.1. The number of aryl methyl sites for hydroxylation is 1. The molecule has 0 aliphatic carbocycles. The molecule has 4 heterocycles. The van der Waals surface area contributed by atoms with Crippen molar-refractivity contribution in [1.29, 1.82) is 0 Å². The van der Waals surface area contributed by atoms with Crippen LogP contribution in [0.1, 0.15) is 42.1 Å². The van der Waals surface area contributed by atoms with Crippen molar-refractivity contribution in [3.8, 4) is 0 Å². The zero-order valence-corrected chi connectivity index (χ0v) is 17.5. The first kappa shape index (κ1) is 18.6. The number of piperidine rings is 1. The summed E-state index contributed by atoms with van der Waals surface area (Å²) in [6, 6.07) is 12.5. The molecular weight excluding hydrogens is 382 g/mol. The van der Waals surface area contributed by atoms with Gasteiger partial charge in [0.1, 0.15) is 0 Å². The van der Waals surface area contributed by atoms with Gasteiger partial charge in [-0.1, -0.05) is 30.3 Å². The lowest BCUT2D eigenvalue weighted by Crippen LogP contribution is -2.44. The van der Waals surface area contributed by atoms with Crippen molar-refractivity contribution in [2.24, 2.45) is 4.99 Å². The summed E-state index contributed by atoms with van der Waals surface area (Å²) >= 11 is 1.49. The van der Waals surface area contributed by atoms with Crippen LogP contribution in [-0.4, -0.2) is 34.0 Å². The molecule has 5 rings (SSSR count). The molecule has 0 bridgehead atoms. The maximum absolute atomic E-state index is 12.6. The van der Waals surface area contributed by atoms with E-state index < -0.39 is 0 Å². The van der Waals surface area contributed by atoms with Gasteiger partial charge >= 0.3 is 0 Å². The third-order valence-corrected chi connectivity index (χ3v) is 7.34. The first-order valence-corrected chi connectivity index (χ1v) is 10.8. The monoisotopic (exact) mass is 405 g/mol. The number of aliphatic imine (C=N–C) groups is 1. The standard InChI is InChI=1S/C23H23N3O2S/c1-15-7-8-17(13-24-15)16(2)20-21(27)25-22(29-20)26-11-9-23(10-12-26)19-6-4-3-5-18(19)14-28-23/h3-8,13H,9-12,14H2,1-2H3/b20-16+. The summed E-state index contributed by atoms with van der Waals surface area (Å²) < 4.78 is 6.25. The number of nitrogens with zero attached hydrogens (tertiary/aromatic N) is 3. The molecule has 2 aromatic rings. The van der Waals surface area contributed by atoms with Gasteiger partial charge in [-0.05, 0) is 66.8 Å². The predicted octanol–water partition coefficient (Wildman–Crippen LogP) is 4.27. The summed E-state index contributed by atoms with van der Waals surface area (Å²) in [6.07, 6.45) is 3.65. The predicted molar refractivity (Wildman–Crippen MR) is 115 cm³/mol. The van der Waals surface area contributed by atoms with E-state index >= 15 is 0 Å². The van der Waals surface area contributed by atoms with Crippen molar-refractivity contribution in [1.82, 2.24) is 9.88 Å². The molecule has 1 aromatic carbocycles. The van der Waals surface area contributed by atoms with E-state index in [1.165, 1.54) is 22.9 Å². The zero-order valence-electron chi connectivity index (χ0n) is 16.6. The maximum Gasteiger partial charge on any atom is 0.286 e. The second kappa shape index (κ2) is 7.11. The number of amides is 1. The lowest BCUT2D eigenvalue weighted by atomic mass is 9.84. The number of carbonyl (C=O) groups excluding carboxylic acids is 1. The molecule has 0 saturated carbocycles. The number of likely N-dealkylation sites (tertiary alicyclic amines) is 1. The summed E-state index contributed by atoms with van der Waals surface area (Å²) in [4.78, 5) is 24.2. The fraction of sp³-hybridized carbons (Fsp3) is 0.348. The molecule has 1 saturated heterocycles. The lowest BCUT2D eigenvalue weighted by molar-refractivity contribution is -0.113. The van der Waals surface area contributed by atoms with Gasteiger partial charge in [-0.3, -0.25) is 9.78 Å². The maximum atomic E-state index is 12.6. The molecule has 0 N–H and O–H groups in total. The molecule has 29 heavy (non-hydrogen) atoms. The van der Waals surface area contributed by atoms with Crippen LogP contribution in [0.5, 0.6) is 0 Å². The number of benzene rings is 1. The van der Waals surface area contributed by atoms with Crippen molar-refractivity contribution in [3.05, 3.63) is 69.9 Å². The molecule has 6 heteroatoms. The van der Waals surface area contributed by atoms with Crippen LogP contribution in [0.2, 0.25) is 0 Å². The number of pyridine rings is 1. The Morgan fingerprint density at radius 2 is 1.97 bits per heavy atom. The average Bonchev–Trinajstić information content (AvgIpc) is 3.30. The van der Waals surface area contributed by atoms with Gasteiger partial charge in [0.15, 0.2) is 5.17 Å². The van der Waals surface area contributed by atoms with Crippen molar-refractivity contribution < 1.29 is 9.53 Å². The SMILES string of the molecule is C/C(=C1\SC(N2CCC3(CC2)OCc2ccccc23)=NC1=O)c1ccc(C)nc1. The van der Waals surface area contributed by atoms with Crippen LogP contribution >= 0.6 is 11.8 Å². The van der Waals surface area contributed by atoms with E-state index in [0.717, 1.165) is 47.9 Å². The Morgan fingerprint density at radius 1 is 1.17 bits per heavy atom. The Kier molecular flexibility index (Phi) is 4.56. The summed E-state index contributed by atoms with van der Waals surface area (Å²) in [5, 5.41) is 0.811. The lowest BCUT2D eigenvalue weighted by Gasteiger charge is -2.39. The van der Waals surface area contributed by atoms with Gasteiger partial charge in [0.25, 0.3) is 5.91 Å². The third kappa shape index (κ3) is 3.20. The number of hydrogen-bond donors (Lipinski definition) is 0. The van der Waals surface area contributed by atoms with Gasteiger partial charge in [-0.2, -0.15) is 4.99 Å². The fourth-order valence-electron chi connectivity index (χ4n) is 4.35. The Morgan fingerprint density at radius 3 is 2.72 bits per heavy atom. The largest absolute Gasteiger partial charge is 0.365 e. The molecule has 1 fully saturated rings. The van der Waals surface area contributed by atoms with Crippen LogP contribution in [0.3, 0.4) is 0 Å². The molecule has 1 spiro atoms. The van der Waals surface area contributed by atoms with E-state index in [1.807, 2.05) is 32.2 Å². The molecule has 148 valence electrons. The number of aromatic nitrogens is 1. The first-order valence-electron chi connectivity index (χ1n) is 9.98. The number of thioether (sulfide) groups is 1. The van der Waals surface area contributed by atoms with Gasteiger partial charge in [0.2, 0.25) is 0 Å². The van der Waals surface area contributed by atoms with Crippen LogP contribution in [0.15, 0.2) is 52.5 Å². The van der Waals surface area contributed by atoms with Gasteiger partial charge in [-0.15, -0.1) is 0 Å². The Balaban J connectivity index is 1.31. The third-order valence-electron chi connectivity index (χ3n) is 6.12. The van der Waals surface area contributed by atoms with Crippen LogP contribution in [0.25, 0.3) is 5.57 Å². The number of carbonyl (C=O) groups is 1. The highest BCUT2D eigenvalue weighted by atomic mass is 32.2. The molecular formula is C23H23N3O2S. The average molecular weight is 406 g/mol. The van der Waals surface area contributed by atoms with Gasteiger partial charge in [0, 0.05) is 25.0 Å². The van der Waals surface area contributed by atoms with E-state index in [-0.39, 0.29) is 11.5 Å². The van der Waals surface area contributed by atoms with Crippen LogP contribution in [-0.2, 0) is 21.7 Å². The van der Waals surface area contributed by atoms with Gasteiger partial charge in [-0.25, -0.2) is 0 Å². The highest BCUT2D eigenvalue weighted by Gasteiger charge is 2.43. The van der Waals surface area contributed by atoms with Crippen LogP contribution < -0.4 is 0 Å². The highest BCUT2D eigenvalue weighted by Crippen LogP contribution is 2.45. The minimum atomic E-state index is -0.177. The minimum absolute atomic E-state index is 0.147. The summed E-state index contributed by atoms with van der Waals surface area (Å²) in [5.41, 5.74) is 5.33. The quantitative estimate of drug-likeness (QED) is 0.663. The molecule has 3 aliphatic rings. The van der Waals surface area contributed by atoms with Gasteiger partial charge < -0.3 is 9.64 Å². The zero-order chi connectivity index (χ0) is 20.0. The first-order chi connectivity index (χ1) is 14.1. The highest BCUT2D eigenvalue weighted by molar-refractivity contribution is 8.18. The second-order valence-corrected chi connectivity index (χ2v) is 8.85. The molecule has 0 unspecified atom stereocenters. The molecule has 1 amide bonds. The number of amidine groups is 1. The molecule has 3 aliphatic heterocycles. The molecule has 0 atom stereocenters. The smallest absolute Gasteiger partial charge is 0.286 e. The summed E-state index contributed by atoms with van der Waals surface area (Å²) in [7, 11) is 0. The Bertz CT molecular complexity index is 1030. The fourth-order valence-corrected chi connectivity index (χ4v) is 5.37. The Labute approximate surface area is 174 Å². The molecule has 1 aromatic heterocycles. The van der Waals surface area contributed by atoms with Crippen molar-refractivity contribution in [2.75, 3.05) is 13.1 Å². The number of rotatable bonds is 1. The summed E-state index contributed by atoms with van der Waals surface area (Å²) in [5.74, 6) is -0.147. The van der Waals surface area contributed by atoms with E-state index in [0.29, 0.717) is 11.5 Å². The van der Waals surface area contributed by atoms with Crippen LogP contribution in [0, 0.1) is 6.92 Å². The van der Waals surface area contributed by atoms with Gasteiger partial charge in [0.05, 0.1) is 17.1 Å². The molecule has 5 nitrogen and oxygen atoms in total. The van der Waals surface area contributed by atoms with Crippen molar-refractivity contribution in [2.45, 2.75) is 38.9 Å². The molecule has 0 radical (unpaired) electrons. The van der Waals surface area contributed by atoms with E-state index in [1.54, 1.807) is 0 Å². The number of allylic oxidation sites excluding steroid dienone is 1. The van der Waals surface area contributed by atoms with Crippen molar-refractivity contribution >= 4 is 28.4 Å².